The lowest BCUT2D eigenvalue weighted by atomic mass is 10.2. The van der Waals surface area contributed by atoms with Crippen molar-refractivity contribution in [2.75, 3.05) is 5.32 Å². The van der Waals surface area contributed by atoms with Crippen molar-refractivity contribution in [2.45, 2.75) is 13.5 Å². The molecule has 2 nitrogen and oxygen atoms in total. The second kappa shape index (κ2) is 4.17. The molecule has 1 aromatic carbocycles. The SMILES string of the molecule is Cc1c(F)cccc1NCc1ccco1. The molecule has 1 N–H and O–H groups in total. The van der Waals surface area contributed by atoms with Crippen LogP contribution in [0.5, 0.6) is 0 Å². The predicted molar refractivity (Wildman–Crippen MR) is 57.2 cm³/mol. The van der Waals surface area contributed by atoms with Gasteiger partial charge in [-0.15, -0.1) is 0 Å². The van der Waals surface area contributed by atoms with E-state index < -0.39 is 0 Å². The summed E-state index contributed by atoms with van der Waals surface area (Å²) in [6.45, 7) is 2.32. The van der Waals surface area contributed by atoms with E-state index in [0.717, 1.165) is 11.4 Å². The molecule has 0 amide bonds. The highest BCUT2D eigenvalue weighted by Crippen LogP contribution is 2.18. The zero-order valence-corrected chi connectivity index (χ0v) is 8.46. The van der Waals surface area contributed by atoms with Gasteiger partial charge in [-0.3, -0.25) is 0 Å². The van der Waals surface area contributed by atoms with E-state index in [0.29, 0.717) is 12.1 Å². The van der Waals surface area contributed by atoms with Crippen LogP contribution in [0.4, 0.5) is 10.1 Å². The minimum atomic E-state index is -0.195. The van der Waals surface area contributed by atoms with Crippen LogP contribution < -0.4 is 5.32 Å². The van der Waals surface area contributed by atoms with Crippen molar-refractivity contribution in [2.24, 2.45) is 0 Å². The highest BCUT2D eigenvalue weighted by Gasteiger charge is 2.03. The van der Waals surface area contributed by atoms with Gasteiger partial charge in [0.15, 0.2) is 0 Å². The van der Waals surface area contributed by atoms with Gasteiger partial charge in [-0.25, -0.2) is 4.39 Å². The summed E-state index contributed by atoms with van der Waals surface area (Å²) < 4.78 is 18.4. The maximum Gasteiger partial charge on any atom is 0.128 e. The molecule has 0 unspecified atom stereocenters. The Hall–Kier alpha value is -1.77. The Bertz CT molecular complexity index is 437. The smallest absolute Gasteiger partial charge is 0.128 e. The van der Waals surface area contributed by atoms with E-state index in [1.165, 1.54) is 6.07 Å². The van der Waals surface area contributed by atoms with Crippen LogP contribution in [0.2, 0.25) is 0 Å². The molecule has 0 aliphatic rings. The monoisotopic (exact) mass is 205 g/mol. The first-order valence-electron chi connectivity index (χ1n) is 4.79. The second-order valence-corrected chi connectivity index (χ2v) is 3.35. The number of hydrogen-bond donors (Lipinski definition) is 1. The Morgan fingerprint density at radius 2 is 2.13 bits per heavy atom. The number of nitrogens with one attached hydrogen (secondary N) is 1. The summed E-state index contributed by atoms with van der Waals surface area (Å²) in [4.78, 5) is 0. The normalized spacial score (nSPS) is 10.3. The van der Waals surface area contributed by atoms with E-state index >= 15 is 0 Å². The molecule has 78 valence electrons. The van der Waals surface area contributed by atoms with Gasteiger partial charge in [0.25, 0.3) is 0 Å². The van der Waals surface area contributed by atoms with Crippen LogP contribution in [0, 0.1) is 12.7 Å². The van der Waals surface area contributed by atoms with Gasteiger partial charge in [0.05, 0.1) is 12.8 Å². The second-order valence-electron chi connectivity index (χ2n) is 3.35. The molecule has 0 aliphatic carbocycles. The highest BCUT2D eigenvalue weighted by molar-refractivity contribution is 5.50. The number of halogens is 1. The molecule has 0 saturated heterocycles. The number of hydrogen-bond acceptors (Lipinski definition) is 2. The number of furan rings is 1. The largest absolute Gasteiger partial charge is 0.467 e. The van der Waals surface area contributed by atoms with Crippen molar-refractivity contribution in [1.82, 2.24) is 0 Å². The third kappa shape index (κ3) is 2.18. The molecule has 0 aliphatic heterocycles. The molecule has 0 atom stereocenters. The zero-order chi connectivity index (χ0) is 10.7. The Balaban J connectivity index is 2.08. The number of rotatable bonds is 3. The molecule has 0 spiro atoms. The van der Waals surface area contributed by atoms with E-state index in [9.17, 15) is 4.39 Å². The molecule has 0 saturated carbocycles. The van der Waals surface area contributed by atoms with Gasteiger partial charge < -0.3 is 9.73 Å². The van der Waals surface area contributed by atoms with Crippen LogP contribution in [0.25, 0.3) is 0 Å². The summed E-state index contributed by atoms with van der Waals surface area (Å²) >= 11 is 0. The van der Waals surface area contributed by atoms with Crippen molar-refractivity contribution >= 4 is 5.69 Å². The van der Waals surface area contributed by atoms with E-state index in [1.54, 1.807) is 19.3 Å². The highest BCUT2D eigenvalue weighted by atomic mass is 19.1. The summed E-state index contributed by atoms with van der Waals surface area (Å²) in [5.74, 6) is 0.637. The summed E-state index contributed by atoms with van der Waals surface area (Å²) in [6.07, 6.45) is 1.62. The molecule has 0 fully saturated rings. The van der Waals surface area contributed by atoms with Crippen molar-refractivity contribution in [3.63, 3.8) is 0 Å². The maximum absolute atomic E-state index is 13.2. The van der Waals surface area contributed by atoms with Gasteiger partial charge in [0.2, 0.25) is 0 Å². The van der Waals surface area contributed by atoms with Gasteiger partial charge in [0, 0.05) is 11.3 Å². The molecule has 2 aromatic rings. The predicted octanol–water partition coefficient (Wildman–Crippen LogP) is 3.34. The molecule has 3 heteroatoms. The van der Waals surface area contributed by atoms with E-state index in [1.807, 2.05) is 18.2 Å². The third-order valence-corrected chi connectivity index (χ3v) is 2.30. The molecule has 15 heavy (non-hydrogen) atoms. The van der Waals surface area contributed by atoms with Crippen LogP contribution in [0.1, 0.15) is 11.3 Å². The van der Waals surface area contributed by atoms with Gasteiger partial charge in [0.1, 0.15) is 11.6 Å². The molecule has 0 radical (unpaired) electrons. The molecular weight excluding hydrogens is 193 g/mol. The van der Waals surface area contributed by atoms with Crippen molar-refractivity contribution < 1.29 is 8.81 Å². The summed E-state index contributed by atoms with van der Waals surface area (Å²) in [6, 6.07) is 8.69. The first kappa shape index (κ1) is 9.77. The molecule has 0 bridgehead atoms. The van der Waals surface area contributed by atoms with Crippen LogP contribution >= 0.6 is 0 Å². The Morgan fingerprint density at radius 1 is 1.27 bits per heavy atom. The topological polar surface area (TPSA) is 25.2 Å². The molecule has 2 rings (SSSR count). The van der Waals surface area contributed by atoms with Crippen molar-refractivity contribution in [3.8, 4) is 0 Å². The average molecular weight is 205 g/mol. The quantitative estimate of drug-likeness (QED) is 0.831. The standard InChI is InChI=1S/C12H12FNO/c1-9-11(13)5-2-6-12(9)14-8-10-4-3-7-15-10/h2-7,14H,8H2,1H3. The molecule has 1 heterocycles. The fourth-order valence-electron chi connectivity index (χ4n) is 1.39. The lowest BCUT2D eigenvalue weighted by Gasteiger charge is -2.08. The van der Waals surface area contributed by atoms with Crippen molar-refractivity contribution in [3.05, 3.63) is 53.7 Å². The van der Waals surface area contributed by atoms with Crippen LogP contribution in [0.3, 0.4) is 0 Å². The summed E-state index contributed by atoms with van der Waals surface area (Å²) in [5, 5.41) is 3.12. The minimum absolute atomic E-state index is 0.195. The lowest BCUT2D eigenvalue weighted by Crippen LogP contribution is -2.00. The van der Waals surface area contributed by atoms with Gasteiger partial charge in [-0.05, 0) is 31.2 Å². The Kier molecular flexibility index (Phi) is 2.72. The Morgan fingerprint density at radius 3 is 2.87 bits per heavy atom. The first-order chi connectivity index (χ1) is 7.27. The van der Waals surface area contributed by atoms with E-state index in [-0.39, 0.29) is 5.82 Å². The van der Waals surface area contributed by atoms with E-state index in [4.69, 9.17) is 4.42 Å². The summed E-state index contributed by atoms with van der Waals surface area (Å²) in [7, 11) is 0. The van der Waals surface area contributed by atoms with Crippen molar-refractivity contribution in [1.29, 1.82) is 0 Å². The molecular formula is C12H12FNO. The lowest BCUT2D eigenvalue weighted by molar-refractivity contribution is 0.518. The summed E-state index contributed by atoms with van der Waals surface area (Å²) in [5.41, 5.74) is 1.43. The Labute approximate surface area is 87.7 Å². The van der Waals surface area contributed by atoms with Crippen LogP contribution in [-0.2, 0) is 6.54 Å². The van der Waals surface area contributed by atoms with Gasteiger partial charge >= 0.3 is 0 Å². The maximum atomic E-state index is 13.2. The number of benzene rings is 1. The number of anilines is 1. The molecule has 1 aromatic heterocycles. The first-order valence-corrected chi connectivity index (χ1v) is 4.79. The van der Waals surface area contributed by atoms with E-state index in [2.05, 4.69) is 5.32 Å². The third-order valence-electron chi connectivity index (χ3n) is 2.30. The van der Waals surface area contributed by atoms with Crippen LogP contribution in [0.15, 0.2) is 41.0 Å². The fraction of sp³-hybridized carbons (Fsp3) is 0.167. The van der Waals surface area contributed by atoms with Gasteiger partial charge in [-0.1, -0.05) is 6.07 Å². The van der Waals surface area contributed by atoms with Crippen LogP contribution in [-0.4, -0.2) is 0 Å². The van der Waals surface area contributed by atoms with Gasteiger partial charge in [-0.2, -0.15) is 0 Å². The average Bonchev–Trinajstić information content (AvgIpc) is 2.73. The fourth-order valence-corrected chi connectivity index (χ4v) is 1.39. The minimum Gasteiger partial charge on any atom is -0.467 e. The zero-order valence-electron chi connectivity index (χ0n) is 8.46.